The van der Waals surface area contributed by atoms with Gasteiger partial charge in [0, 0.05) is 40.9 Å². The first-order valence-corrected chi connectivity index (χ1v) is 6.56. The van der Waals surface area contributed by atoms with E-state index in [0.717, 1.165) is 26.1 Å². The Kier molecular flexibility index (Phi) is 4.51. The molecule has 0 atom stereocenters. The second kappa shape index (κ2) is 5.25. The fourth-order valence-electron chi connectivity index (χ4n) is 1.67. The van der Waals surface area contributed by atoms with Crippen molar-refractivity contribution in [3.63, 3.8) is 0 Å². The van der Waals surface area contributed by atoms with E-state index in [2.05, 4.69) is 0 Å². The minimum atomic E-state index is -3.25. The minimum absolute atomic E-state index is 0.429. The van der Waals surface area contributed by atoms with Crippen molar-refractivity contribution in [1.29, 1.82) is 0 Å². The van der Waals surface area contributed by atoms with Crippen LogP contribution >= 0.6 is 0 Å². The molecule has 15 heavy (non-hydrogen) atoms. The second-order valence-corrected chi connectivity index (χ2v) is 6.38. The van der Waals surface area contributed by atoms with E-state index in [-0.39, 0.29) is 0 Å². The van der Waals surface area contributed by atoms with Crippen LogP contribution < -0.4 is 0 Å². The third-order valence-corrected chi connectivity index (χ3v) is 4.57. The van der Waals surface area contributed by atoms with Crippen LogP contribution in [0.5, 0.6) is 0 Å². The molecule has 0 aliphatic carbocycles. The highest BCUT2D eigenvalue weighted by Gasteiger charge is 2.24. The molecule has 0 aromatic carbocycles. The summed E-state index contributed by atoms with van der Waals surface area (Å²) in [7, 11) is 1.48. The molecular weight excluding hydrogens is 216 g/mol. The first kappa shape index (κ1) is 12.9. The normalized spacial score (nSPS) is 20.1. The Morgan fingerprint density at radius 1 is 1.20 bits per heavy atom. The molecule has 1 fully saturated rings. The molecule has 1 aliphatic rings. The van der Waals surface area contributed by atoms with Crippen molar-refractivity contribution in [1.82, 2.24) is 8.61 Å². The van der Waals surface area contributed by atoms with Crippen LogP contribution in [-0.2, 0) is 14.9 Å². The molecule has 0 unspecified atom stereocenters. The number of rotatable bonds is 4. The van der Waals surface area contributed by atoms with Gasteiger partial charge in [-0.15, -0.1) is 0 Å². The number of ether oxygens (including phenoxy) is 1. The van der Waals surface area contributed by atoms with Gasteiger partial charge in [-0.3, -0.25) is 0 Å². The largest absolute Gasteiger partial charge is 0.381 e. The Balaban J connectivity index is 2.50. The highest BCUT2D eigenvalue weighted by Crippen LogP contribution is 2.17. The molecular formula is C9H20N2O3S. The van der Waals surface area contributed by atoms with Crippen LogP contribution in [0.15, 0.2) is 0 Å². The van der Waals surface area contributed by atoms with Gasteiger partial charge in [0.05, 0.1) is 0 Å². The van der Waals surface area contributed by atoms with Gasteiger partial charge in [0.1, 0.15) is 0 Å². The van der Waals surface area contributed by atoms with E-state index < -0.39 is 10.2 Å². The topological polar surface area (TPSA) is 49.9 Å². The number of hydrogen-bond donors (Lipinski definition) is 0. The molecule has 0 saturated carbocycles. The van der Waals surface area contributed by atoms with Crippen molar-refractivity contribution >= 4 is 10.2 Å². The van der Waals surface area contributed by atoms with E-state index in [1.807, 2.05) is 0 Å². The molecule has 0 aromatic rings. The van der Waals surface area contributed by atoms with Crippen LogP contribution in [0.25, 0.3) is 0 Å². The van der Waals surface area contributed by atoms with Crippen LogP contribution in [0.3, 0.4) is 0 Å². The molecule has 0 spiro atoms. The number of nitrogens with zero attached hydrogens (tertiary/aromatic N) is 2. The number of hydrogen-bond acceptors (Lipinski definition) is 3. The zero-order valence-electron chi connectivity index (χ0n) is 9.64. The van der Waals surface area contributed by atoms with Crippen LogP contribution in [0.1, 0.15) is 12.8 Å². The monoisotopic (exact) mass is 236 g/mol. The minimum Gasteiger partial charge on any atom is -0.381 e. The van der Waals surface area contributed by atoms with Crippen molar-refractivity contribution in [3.05, 3.63) is 0 Å². The zero-order valence-corrected chi connectivity index (χ0v) is 10.5. The molecule has 0 aromatic heterocycles. The van der Waals surface area contributed by atoms with Crippen LogP contribution in [-0.4, -0.2) is 57.9 Å². The molecule has 90 valence electrons. The van der Waals surface area contributed by atoms with Gasteiger partial charge in [0.25, 0.3) is 10.2 Å². The van der Waals surface area contributed by atoms with Crippen molar-refractivity contribution in [2.45, 2.75) is 12.8 Å². The van der Waals surface area contributed by atoms with Crippen LogP contribution in [0.2, 0.25) is 0 Å². The highest BCUT2D eigenvalue weighted by atomic mass is 32.2. The van der Waals surface area contributed by atoms with E-state index >= 15 is 0 Å². The van der Waals surface area contributed by atoms with Crippen molar-refractivity contribution < 1.29 is 13.2 Å². The third kappa shape index (κ3) is 3.41. The molecule has 0 amide bonds. The smallest absolute Gasteiger partial charge is 0.281 e. The maximum absolute atomic E-state index is 11.7. The molecule has 0 N–H and O–H groups in total. The summed E-state index contributed by atoms with van der Waals surface area (Å²) in [4.78, 5) is 0. The van der Waals surface area contributed by atoms with E-state index in [4.69, 9.17) is 4.74 Å². The van der Waals surface area contributed by atoms with Crippen LogP contribution in [0, 0.1) is 5.92 Å². The SMILES string of the molecule is CN(C)S(=O)(=O)N(C)CC1CCOCC1. The van der Waals surface area contributed by atoms with Crippen molar-refractivity contribution in [3.8, 4) is 0 Å². The molecule has 0 bridgehead atoms. The Labute approximate surface area is 92.2 Å². The van der Waals surface area contributed by atoms with Crippen LogP contribution in [0.4, 0.5) is 0 Å². The van der Waals surface area contributed by atoms with Gasteiger partial charge in [0.15, 0.2) is 0 Å². The lowest BCUT2D eigenvalue weighted by Crippen LogP contribution is -2.40. The summed E-state index contributed by atoms with van der Waals surface area (Å²) in [5.74, 6) is 0.429. The lowest BCUT2D eigenvalue weighted by molar-refractivity contribution is 0.0617. The molecule has 1 rings (SSSR count). The van der Waals surface area contributed by atoms with Gasteiger partial charge in [-0.1, -0.05) is 0 Å². The molecule has 5 nitrogen and oxygen atoms in total. The molecule has 1 aliphatic heterocycles. The van der Waals surface area contributed by atoms with Gasteiger partial charge >= 0.3 is 0 Å². The summed E-state index contributed by atoms with van der Waals surface area (Å²) in [5.41, 5.74) is 0. The van der Waals surface area contributed by atoms with Crippen molar-refractivity contribution in [2.75, 3.05) is 40.9 Å². The summed E-state index contributed by atoms with van der Waals surface area (Å²) in [5, 5.41) is 0. The van der Waals surface area contributed by atoms with Gasteiger partial charge in [-0.2, -0.15) is 17.0 Å². The molecule has 6 heteroatoms. The molecule has 0 radical (unpaired) electrons. The van der Waals surface area contributed by atoms with Gasteiger partial charge < -0.3 is 4.74 Å². The Morgan fingerprint density at radius 3 is 2.20 bits per heavy atom. The summed E-state index contributed by atoms with van der Waals surface area (Å²) >= 11 is 0. The van der Waals surface area contributed by atoms with E-state index in [1.54, 1.807) is 21.1 Å². The third-order valence-electron chi connectivity index (χ3n) is 2.71. The maximum Gasteiger partial charge on any atom is 0.281 e. The zero-order chi connectivity index (χ0) is 11.5. The van der Waals surface area contributed by atoms with E-state index in [0.29, 0.717) is 12.5 Å². The summed E-state index contributed by atoms with van der Waals surface area (Å²) in [6.07, 6.45) is 1.90. The average Bonchev–Trinajstić information content (AvgIpc) is 2.18. The lowest BCUT2D eigenvalue weighted by atomic mass is 10.0. The highest BCUT2D eigenvalue weighted by molar-refractivity contribution is 7.86. The summed E-state index contributed by atoms with van der Waals surface area (Å²) < 4.78 is 31.3. The standard InChI is InChI=1S/C9H20N2O3S/c1-10(2)15(12,13)11(3)8-9-4-6-14-7-5-9/h9H,4-8H2,1-3H3. The van der Waals surface area contributed by atoms with E-state index in [1.165, 1.54) is 8.61 Å². The predicted molar refractivity (Wildman–Crippen MR) is 58.8 cm³/mol. The van der Waals surface area contributed by atoms with Gasteiger partial charge in [-0.05, 0) is 18.8 Å². The fourth-order valence-corrected chi connectivity index (χ4v) is 2.62. The van der Waals surface area contributed by atoms with E-state index in [9.17, 15) is 8.42 Å². The molecule has 1 heterocycles. The molecule has 1 saturated heterocycles. The first-order chi connectivity index (χ1) is 6.94. The second-order valence-electron chi connectivity index (χ2n) is 4.13. The first-order valence-electron chi connectivity index (χ1n) is 5.16. The average molecular weight is 236 g/mol. The van der Waals surface area contributed by atoms with Gasteiger partial charge in [-0.25, -0.2) is 0 Å². The lowest BCUT2D eigenvalue weighted by Gasteiger charge is -2.28. The maximum atomic E-state index is 11.7. The Hall–Kier alpha value is -0.170. The Bertz CT molecular complexity index is 284. The summed E-state index contributed by atoms with van der Waals surface area (Å²) in [6.45, 7) is 2.09. The quantitative estimate of drug-likeness (QED) is 0.698. The van der Waals surface area contributed by atoms with Crippen molar-refractivity contribution in [2.24, 2.45) is 5.92 Å². The predicted octanol–water partition coefficient (Wildman–Crippen LogP) is 0.151. The summed E-state index contributed by atoms with van der Waals surface area (Å²) in [6, 6.07) is 0. The Morgan fingerprint density at radius 2 is 1.73 bits per heavy atom. The van der Waals surface area contributed by atoms with Gasteiger partial charge in [0.2, 0.25) is 0 Å². The fraction of sp³-hybridized carbons (Fsp3) is 1.00.